The monoisotopic (exact) mass is 256 g/mol. The Balaban J connectivity index is 2.73. The Labute approximate surface area is 105 Å². The van der Waals surface area contributed by atoms with Crippen LogP contribution in [0.25, 0.3) is 0 Å². The minimum Gasteiger partial charge on any atom is -0.394 e. The van der Waals surface area contributed by atoms with Crippen LogP contribution >= 0.6 is 0 Å². The van der Waals surface area contributed by atoms with Crippen molar-refractivity contribution >= 4 is 11.6 Å². The lowest BCUT2D eigenvalue weighted by Gasteiger charge is -2.16. The predicted octanol–water partition coefficient (Wildman–Crippen LogP) is 2.57. The van der Waals surface area contributed by atoms with Crippen LogP contribution in [0.15, 0.2) is 12.1 Å². The number of amides is 1. The van der Waals surface area contributed by atoms with E-state index in [4.69, 9.17) is 5.73 Å². The van der Waals surface area contributed by atoms with E-state index in [1.807, 2.05) is 20.8 Å². The molecule has 1 atom stereocenters. The molecule has 1 amide bonds. The van der Waals surface area contributed by atoms with Crippen molar-refractivity contribution in [3.05, 3.63) is 29.3 Å². The van der Waals surface area contributed by atoms with Crippen LogP contribution in [0, 0.1) is 23.5 Å². The number of benzene rings is 1. The van der Waals surface area contributed by atoms with Crippen LogP contribution in [0.5, 0.6) is 0 Å². The van der Waals surface area contributed by atoms with Crippen LogP contribution in [0.3, 0.4) is 0 Å². The maximum absolute atomic E-state index is 13.2. The van der Waals surface area contributed by atoms with Crippen molar-refractivity contribution in [2.45, 2.75) is 20.8 Å². The third-order valence-corrected chi connectivity index (χ3v) is 3.06. The summed E-state index contributed by atoms with van der Waals surface area (Å²) in [6.07, 6.45) is 0. The van der Waals surface area contributed by atoms with Crippen molar-refractivity contribution in [3.8, 4) is 0 Å². The zero-order valence-electron chi connectivity index (χ0n) is 10.8. The number of rotatable bonds is 4. The van der Waals surface area contributed by atoms with E-state index < -0.39 is 23.2 Å². The summed E-state index contributed by atoms with van der Waals surface area (Å²) in [6.45, 7) is 6.54. The van der Waals surface area contributed by atoms with Gasteiger partial charge < -0.3 is 11.1 Å². The number of halogens is 2. The molecule has 0 saturated carbocycles. The number of anilines is 1. The fraction of sp³-hybridized carbons (Fsp3) is 0.462. The van der Waals surface area contributed by atoms with Gasteiger partial charge in [-0.3, -0.25) is 4.79 Å². The smallest absolute Gasteiger partial charge is 0.251 e. The average Bonchev–Trinajstić information content (AvgIpc) is 2.31. The molecule has 0 radical (unpaired) electrons. The number of hydrogen-bond acceptors (Lipinski definition) is 2. The first-order chi connectivity index (χ1) is 8.32. The van der Waals surface area contributed by atoms with Crippen molar-refractivity contribution in [2.75, 3.05) is 12.3 Å². The van der Waals surface area contributed by atoms with Gasteiger partial charge in [0.05, 0.1) is 0 Å². The summed E-state index contributed by atoms with van der Waals surface area (Å²) in [5.41, 5.74) is 4.50. The minimum atomic E-state index is -0.919. The first-order valence-electron chi connectivity index (χ1n) is 5.85. The van der Waals surface area contributed by atoms with Gasteiger partial charge in [-0.2, -0.15) is 0 Å². The number of nitrogen functional groups attached to an aromatic ring is 1. The molecule has 0 heterocycles. The summed E-state index contributed by atoms with van der Waals surface area (Å²) in [4.78, 5) is 11.7. The number of hydrogen-bond donors (Lipinski definition) is 2. The van der Waals surface area contributed by atoms with Crippen molar-refractivity contribution < 1.29 is 13.6 Å². The molecule has 5 heteroatoms. The Morgan fingerprint density at radius 2 is 1.78 bits per heavy atom. The molecule has 0 bridgehead atoms. The van der Waals surface area contributed by atoms with E-state index in [-0.39, 0.29) is 11.5 Å². The van der Waals surface area contributed by atoms with E-state index in [0.717, 1.165) is 12.1 Å². The van der Waals surface area contributed by atoms with Crippen LogP contribution in [0.2, 0.25) is 0 Å². The molecule has 0 aromatic heterocycles. The first-order valence-corrected chi connectivity index (χ1v) is 5.85. The summed E-state index contributed by atoms with van der Waals surface area (Å²) >= 11 is 0. The molecule has 0 saturated heterocycles. The van der Waals surface area contributed by atoms with E-state index in [0.29, 0.717) is 12.5 Å². The highest BCUT2D eigenvalue weighted by atomic mass is 19.1. The van der Waals surface area contributed by atoms with Gasteiger partial charge in [0.1, 0.15) is 17.3 Å². The molecule has 1 rings (SSSR count). The van der Waals surface area contributed by atoms with Gasteiger partial charge in [-0.25, -0.2) is 8.78 Å². The van der Waals surface area contributed by atoms with Gasteiger partial charge in [0, 0.05) is 12.1 Å². The molecule has 0 aliphatic carbocycles. The molecule has 1 aromatic rings. The molecule has 0 spiro atoms. The lowest BCUT2D eigenvalue weighted by Crippen LogP contribution is -2.30. The number of nitrogens with one attached hydrogen (secondary N) is 1. The molecule has 1 unspecified atom stereocenters. The predicted molar refractivity (Wildman–Crippen MR) is 67.1 cm³/mol. The minimum absolute atomic E-state index is 0.0600. The molecule has 0 aliphatic rings. The van der Waals surface area contributed by atoms with E-state index in [2.05, 4.69) is 5.32 Å². The van der Waals surface area contributed by atoms with Crippen molar-refractivity contribution in [2.24, 2.45) is 11.8 Å². The third-order valence-electron chi connectivity index (χ3n) is 3.06. The van der Waals surface area contributed by atoms with E-state index in [9.17, 15) is 13.6 Å². The normalized spacial score (nSPS) is 12.6. The lowest BCUT2D eigenvalue weighted by molar-refractivity contribution is 0.0944. The summed E-state index contributed by atoms with van der Waals surface area (Å²) in [7, 11) is 0. The lowest BCUT2D eigenvalue weighted by atomic mass is 9.98. The van der Waals surface area contributed by atoms with E-state index in [1.54, 1.807) is 0 Å². The van der Waals surface area contributed by atoms with Crippen LogP contribution in [-0.2, 0) is 0 Å². The largest absolute Gasteiger partial charge is 0.394 e. The number of carbonyl (C=O) groups excluding carboxylic acids is 1. The second-order valence-corrected chi connectivity index (χ2v) is 4.78. The first kappa shape index (κ1) is 14.4. The Morgan fingerprint density at radius 3 is 2.22 bits per heavy atom. The average molecular weight is 256 g/mol. The maximum Gasteiger partial charge on any atom is 0.251 e. The fourth-order valence-corrected chi connectivity index (χ4v) is 1.31. The maximum atomic E-state index is 13.2. The topological polar surface area (TPSA) is 55.1 Å². The van der Waals surface area contributed by atoms with Crippen LogP contribution in [0.4, 0.5) is 14.5 Å². The molecular weight excluding hydrogens is 238 g/mol. The van der Waals surface area contributed by atoms with Gasteiger partial charge in [-0.15, -0.1) is 0 Å². The molecule has 0 aliphatic heterocycles. The van der Waals surface area contributed by atoms with Crippen molar-refractivity contribution in [1.29, 1.82) is 0 Å². The molecule has 18 heavy (non-hydrogen) atoms. The van der Waals surface area contributed by atoms with Crippen molar-refractivity contribution in [1.82, 2.24) is 5.32 Å². The molecule has 100 valence electrons. The summed E-state index contributed by atoms with van der Waals surface area (Å²) in [6, 6.07) is 1.88. The Morgan fingerprint density at radius 1 is 1.28 bits per heavy atom. The summed E-state index contributed by atoms with van der Waals surface area (Å²) in [5, 5.41) is 2.64. The van der Waals surface area contributed by atoms with Crippen LogP contribution in [0.1, 0.15) is 31.1 Å². The van der Waals surface area contributed by atoms with E-state index >= 15 is 0 Å². The van der Waals surface area contributed by atoms with Gasteiger partial charge in [-0.1, -0.05) is 20.8 Å². The zero-order valence-corrected chi connectivity index (χ0v) is 10.8. The standard InChI is InChI=1S/C13H18F2N2O/c1-7(2)8(3)6-17-13(18)9-4-10(14)12(16)11(15)5-9/h4-5,7-8H,6,16H2,1-3H3,(H,17,18). The van der Waals surface area contributed by atoms with Crippen LogP contribution < -0.4 is 11.1 Å². The zero-order chi connectivity index (χ0) is 13.9. The third kappa shape index (κ3) is 3.42. The number of carbonyl (C=O) groups is 1. The quantitative estimate of drug-likeness (QED) is 0.813. The Kier molecular flexibility index (Phi) is 4.64. The van der Waals surface area contributed by atoms with Gasteiger partial charge in [-0.05, 0) is 24.0 Å². The molecule has 3 N–H and O–H groups in total. The SMILES string of the molecule is CC(C)C(C)CNC(=O)c1cc(F)c(N)c(F)c1. The summed E-state index contributed by atoms with van der Waals surface area (Å²) in [5.74, 6) is -1.63. The van der Waals surface area contributed by atoms with Crippen LogP contribution in [-0.4, -0.2) is 12.5 Å². The second-order valence-electron chi connectivity index (χ2n) is 4.78. The van der Waals surface area contributed by atoms with E-state index in [1.165, 1.54) is 0 Å². The van der Waals surface area contributed by atoms with Gasteiger partial charge in [0.2, 0.25) is 0 Å². The van der Waals surface area contributed by atoms with Gasteiger partial charge >= 0.3 is 0 Å². The highest BCUT2D eigenvalue weighted by Gasteiger charge is 2.14. The molecule has 3 nitrogen and oxygen atoms in total. The second kappa shape index (κ2) is 5.80. The highest BCUT2D eigenvalue weighted by molar-refractivity contribution is 5.94. The molecular formula is C13H18F2N2O. The van der Waals surface area contributed by atoms with Gasteiger partial charge in [0.25, 0.3) is 5.91 Å². The number of nitrogens with two attached hydrogens (primary N) is 1. The van der Waals surface area contributed by atoms with Gasteiger partial charge in [0.15, 0.2) is 0 Å². The Hall–Kier alpha value is -1.65. The van der Waals surface area contributed by atoms with Crippen molar-refractivity contribution in [3.63, 3.8) is 0 Å². The highest BCUT2D eigenvalue weighted by Crippen LogP contribution is 2.17. The molecule has 0 fully saturated rings. The summed E-state index contributed by atoms with van der Waals surface area (Å²) < 4.78 is 26.4. The Bertz CT molecular complexity index is 424. The fourth-order valence-electron chi connectivity index (χ4n) is 1.31. The molecule has 1 aromatic carbocycles.